The molecule has 0 fully saturated rings. The van der Waals surface area contributed by atoms with Crippen LogP contribution in [0.4, 0.5) is 0 Å². The predicted molar refractivity (Wildman–Crippen MR) is 75.6 cm³/mol. The molecule has 2 heterocycles. The van der Waals surface area contributed by atoms with Gasteiger partial charge < -0.3 is 0 Å². The van der Waals surface area contributed by atoms with Gasteiger partial charge in [-0.2, -0.15) is 5.10 Å². The number of hydrogen-bond donors (Lipinski definition) is 0. The maximum Gasteiger partial charge on any atom is 0.173 e. The highest BCUT2D eigenvalue weighted by Crippen LogP contribution is 2.23. The summed E-state index contributed by atoms with van der Waals surface area (Å²) in [7, 11) is 1.84. The SMILES string of the molecule is Cc1c(C(=O)Cc2nc3ccccc3s2)cnn1C. The molecule has 0 radical (unpaired) electrons. The van der Waals surface area contributed by atoms with Crippen LogP contribution in [0.3, 0.4) is 0 Å². The summed E-state index contributed by atoms with van der Waals surface area (Å²) in [4.78, 5) is 16.7. The van der Waals surface area contributed by atoms with Gasteiger partial charge in [-0.25, -0.2) is 4.98 Å². The number of benzene rings is 1. The Morgan fingerprint density at radius 3 is 2.84 bits per heavy atom. The number of carbonyl (C=O) groups excluding carboxylic acids is 1. The molecule has 2 aromatic heterocycles. The van der Waals surface area contributed by atoms with E-state index in [1.54, 1.807) is 22.2 Å². The topological polar surface area (TPSA) is 47.8 Å². The minimum Gasteiger partial charge on any atom is -0.294 e. The fourth-order valence-corrected chi connectivity index (χ4v) is 2.97. The van der Waals surface area contributed by atoms with Crippen LogP contribution in [0.5, 0.6) is 0 Å². The van der Waals surface area contributed by atoms with Crippen molar-refractivity contribution in [2.45, 2.75) is 13.3 Å². The number of thiazole rings is 1. The molecule has 0 saturated carbocycles. The van der Waals surface area contributed by atoms with Crippen LogP contribution < -0.4 is 0 Å². The highest BCUT2D eigenvalue weighted by atomic mass is 32.1. The zero-order valence-electron chi connectivity index (χ0n) is 10.8. The summed E-state index contributed by atoms with van der Waals surface area (Å²) in [6.07, 6.45) is 1.97. The molecule has 4 nitrogen and oxygen atoms in total. The number of para-hydroxylation sites is 1. The maximum atomic E-state index is 12.2. The summed E-state index contributed by atoms with van der Waals surface area (Å²) in [5.74, 6) is 0.0738. The van der Waals surface area contributed by atoms with Gasteiger partial charge in [-0.15, -0.1) is 11.3 Å². The van der Waals surface area contributed by atoms with E-state index in [2.05, 4.69) is 10.1 Å². The molecule has 0 N–H and O–H groups in total. The van der Waals surface area contributed by atoms with E-state index in [1.807, 2.05) is 38.2 Å². The van der Waals surface area contributed by atoms with Crippen molar-refractivity contribution < 1.29 is 4.79 Å². The summed E-state index contributed by atoms with van der Waals surface area (Å²) in [6, 6.07) is 7.93. The molecule has 19 heavy (non-hydrogen) atoms. The normalized spacial score (nSPS) is 11.1. The van der Waals surface area contributed by atoms with Gasteiger partial charge in [0.15, 0.2) is 5.78 Å². The number of rotatable bonds is 3. The lowest BCUT2D eigenvalue weighted by atomic mass is 10.1. The molecule has 5 heteroatoms. The average Bonchev–Trinajstić information content (AvgIpc) is 2.93. The Hall–Kier alpha value is -2.01. The molecule has 0 bridgehead atoms. The Balaban J connectivity index is 1.88. The summed E-state index contributed by atoms with van der Waals surface area (Å²) < 4.78 is 2.83. The number of Topliss-reactive ketones (excluding diaryl/α,β-unsaturated/α-hetero) is 1. The van der Waals surface area contributed by atoms with Crippen LogP contribution in [0, 0.1) is 6.92 Å². The van der Waals surface area contributed by atoms with Crippen LogP contribution in [0.15, 0.2) is 30.5 Å². The quantitative estimate of drug-likeness (QED) is 0.688. The van der Waals surface area contributed by atoms with Crippen molar-refractivity contribution in [1.29, 1.82) is 0 Å². The second-order valence-corrected chi connectivity index (χ2v) is 5.56. The number of nitrogens with zero attached hydrogens (tertiary/aromatic N) is 3. The number of fused-ring (bicyclic) bond motifs is 1. The maximum absolute atomic E-state index is 12.2. The minimum absolute atomic E-state index is 0.0738. The van der Waals surface area contributed by atoms with Crippen LogP contribution in [0.1, 0.15) is 21.1 Å². The first-order valence-electron chi connectivity index (χ1n) is 6.01. The van der Waals surface area contributed by atoms with E-state index >= 15 is 0 Å². The van der Waals surface area contributed by atoms with Crippen molar-refractivity contribution in [1.82, 2.24) is 14.8 Å². The minimum atomic E-state index is 0.0738. The summed E-state index contributed by atoms with van der Waals surface area (Å²) in [5, 5.41) is 4.96. The van der Waals surface area contributed by atoms with Crippen molar-refractivity contribution in [3.05, 3.63) is 46.7 Å². The molecule has 96 valence electrons. The monoisotopic (exact) mass is 271 g/mol. The zero-order chi connectivity index (χ0) is 13.4. The standard InChI is InChI=1S/C14H13N3OS/c1-9-10(8-15-17(9)2)12(18)7-14-16-11-5-3-4-6-13(11)19-14/h3-6,8H,7H2,1-2H3. The third-order valence-corrected chi connectivity index (χ3v) is 4.22. The lowest BCUT2D eigenvalue weighted by Gasteiger charge is -1.98. The van der Waals surface area contributed by atoms with Crippen molar-refractivity contribution in [2.24, 2.45) is 7.05 Å². The molecule has 0 spiro atoms. The largest absolute Gasteiger partial charge is 0.294 e. The van der Waals surface area contributed by atoms with Crippen molar-refractivity contribution in [2.75, 3.05) is 0 Å². The lowest BCUT2D eigenvalue weighted by Crippen LogP contribution is -2.05. The van der Waals surface area contributed by atoms with Gasteiger partial charge in [-0.3, -0.25) is 9.48 Å². The third kappa shape index (κ3) is 2.17. The number of carbonyl (C=O) groups is 1. The molecular formula is C14H13N3OS. The van der Waals surface area contributed by atoms with E-state index in [0.29, 0.717) is 12.0 Å². The van der Waals surface area contributed by atoms with Gasteiger partial charge in [0.2, 0.25) is 0 Å². The number of hydrogen-bond acceptors (Lipinski definition) is 4. The van der Waals surface area contributed by atoms with Gasteiger partial charge in [0.1, 0.15) is 5.01 Å². The molecule has 1 aromatic carbocycles. The van der Waals surface area contributed by atoms with Crippen molar-refractivity contribution in [3.63, 3.8) is 0 Å². The average molecular weight is 271 g/mol. The lowest BCUT2D eigenvalue weighted by molar-refractivity contribution is 0.0992. The molecular weight excluding hydrogens is 258 g/mol. The van der Waals surface area contributed by atoms with Gasteiger partial charge >= 0.3 is 0 Å². The second-order valence-electron chi connectivity index (χ2n) is 4.44. The number of aryl methyl sites for hydroxylation is 1. The summed E-state index contributed by atoms with van der Waals surface area (Å²) in [6.45, 7) is 1.90. The first-order chi connectivity index (χ1) is 9.15. The molecule has 0 aliphatic heterocycles. The second kappa shape index (κ2) is 4.59. The predicted octanol–water partition coefficient (Wildman–Crippen LogP) is 2.76. The van der Waals surface area contributed by atoms with Gasteiger partial charge in [0, 0.05) is 12.7 Å². The molecule has 3 aromatic rings. The summed E-state index contributed by atoms with van der Waals surface area (Å²) >= 11 is 1.57. The van der Waals surface area contributed by atoms with Crippen molar-refractivity contribution in [3.8, 4) is 0 Å². The Morgan fingerprint density at radius 2 is 2.16 bits per heavy atom. The molecule has 0 amide bonds. The van der Waals surface area contributed by atoms with E-state index in [1.165, 1.54) is 0 Å². The highest BCUT2D eigenvalue weighted by molar-refractivity contribution is 7.18. The zero-order valence-corrected chi connectivity index (χ0v) is 11.6. The molecule has 0 aliphatic carbocycles. The Kier molecular flexibility index (Phi) is 2.91. The Bertz CT molecular complexity index is 724. The Labute approximate surface area is 114 Å². The molecule has 0 saturated heterocycles. The van der Waals surface area contributed by atoms with E-state index in [9.17, 15) is 4.79 Å². The molecule has 3 rings (SSSR count). The smallest absolute Gasteiger partial charge is 0.173 e. The van der Waals surface area contributed by atoms with Crippen molar-refractivity contribution >= 4 is 27.3 Å². The first-order valence-corrected chi connectivity index (χ1v) is 6.83. The van der Waals surface area contributed by atoms with Gasteiger partial charge in [-0.05, 0) is 19.1 Å². The van der Waals surface area contributed by atoms with Crippen LogP contribution in [-0.4, -0.2) is 20.5 Å². The molecule has 0 atom stereocenters. The third-order valence-electron chi connectivity index (χ3n) is 3.19. The highest BCUT2D eigenvalue weighted by Gasteiger charge is 2.15. The van der Waals surface area contributed by atoms with E-state index in [-0.39, 0.29) is 5.78 Å². The van der Waals surface area contributed by atoms with Crippen LogP contribution >= 0.6 is 11.3 Å². The number of aromatic nitrogens is 3. The summed E-state index contributed by atoms with van der Waals surface area (Å²) in [5.41, 5.74) is 2.53. The van der Waals surface area contributed by atoms with E-state index < -0.39 is 0 Å². The van der Waals surface area contributed by atoms with Crippen LogP contribution in [-0.2, 0) is 13.5 Å². The fourth-order valence-electron chi connectivity index (χ4n) is 2.00. The number of ketones is 1. The van der Waals surface area contributed by atoms with Crippen LogP contribution in [0.2, 0.25) is 0 Å². The van der Waals surface area contributed by atoms with Crippen LogP contribution in [0.25, 0.3) is 10.2 Å². The first kappa shape index (κ1) is 12.0. The Morgan fingerprint density at radius 1 is 1.37 bits per heavy atom. The molecule has 0 unspecified atom stereocenters. The fraction of sp³-hybridized carbons (Fsp3) is 0.214. The van der Waals surface area contributed by atoms with E-state index in [0.717, 1.165) is 20.9 Å². The van der Waals surface area contributed by atoms with Gasteiger partial charge in [-0.1, -0.05) is 12.1 Å². The molecule has 0 aliphatic rings. The van der Waals surface area contributed by atoms with Gasteiger partial charge in [0.05, 0.1) is 28.4 Å². The van der Waals surface area contributed by atoms with E-state index in [4.69, 9.17) is 0 Å². The van der Waals surface area contributed by atoms with Gasteiger partial charge in [0.25, 0.3) is 0 Å².